The Kier molecular flexibility index (Phi) is 11.8. The van der Waals surface area contributed by atoms with E-state index >= 15 is 0 Å². The molecule has 0 saturated heterocycles. The lowest BCUT2D eigenvalue weighted by Crippen LogP contribution is -2.41. The Bertz CT molecular complexity index is 1580. The van der Waals surface area contributed by atoms with Crippen molar-refractivity contribution < 1.29 is 27.9 Å². The molecule has 4 aromatic rings. The van der Waals surface area contributed by atoms with Crippen LogP contribution in [0.1, 0.15) is 51.4 Å². The lowest BCUT2D eigenvalue weighted by Gasteiger charge is -2.22. The molecule has 5 N–H and O–H groups in total. The zero-order valence-electron chi connectivity index (χ0n) is 24.9. The van der Waals surface area contributed by atoms with E-state index in [1.165, 1.54) is 0 Å². The summed E-state index contributed by atoms with van der Waals surface area (Å²) < 4.78 is 32.6. The van der Waals surface area contributed by atoms with E-state index in [0.29, 0.717) is 31.0 Å². The van der Waals surface area contributed by atoms with Gasteiger partial charge in [0.15, 0.2) is 11.6 Å². The highest BCUT2D eigenvalue weighted by Gasteiger charge is 2.26. The quantitative estimate of drug-likeness (QED) is 0.166. The molecule has 0 unspecified atom stereocenters. The van der Waals surface area contributed by atoms with Crippen LogP contribution in [0.2, 0.25) is 0 Å². The SMILES string of the molecule is CCOc1ccc([C@@H](CNC(=O)c2ccc(F)c(F)c2)C(=O)NC[C@H](C(=O)NCc2ccc(CN)cc2)c2ccccc2)cc1. The average Bonchev–Trinajstić information content (AvgIpc) is 3.06. The maximum atomic E-state index is 13.7. The number of halogens is 2. The van der Waals surface area contributed by atoms with Crippen LogP contribution in [0.4, 0.5) is 8.78 Å². The highest BCUT2D eigenvalue weighted by Crippen LogP contribution is 2.22. The molecule has 0 bridgehead atoms. The minimum absolute atomic E-state index is 0.00849. The van der Waals surface area contributed by atoms with Gasteiger partial charge in [-0.15, -0.1) is 0 Å². The molecule has 3 amide bonds. The van der Waals surface area contributed by atoms with Gasteiger partial charge in [0.05, 0.1) is 18.4 Å². The van der Waals surface area contributed by atoms with Gasteiger partial charge in [-0.2, -0.15) is 0 Å². The van der Waals surface area contributed by atoms with Gasteiger partial charge in [-0.25, -0.2) is 8.78 Å². The molecule has 45 heavy (non-hydrogen) atoms. The van der Waals surface area contributed by atoms with E-state index in [2.05, 4.69) is 16.0 Å². The smallest absolute Gasteiger partial charge is 0.251 e. The van der Waals surface area contributed by atoms with E-state index in [4.69, 9.17) is 10.5 Å². The molecule has 8 nitrogen and oxygen atoms in total. The van der Waals surface area contributed by atoms with Crippen molar-refractivity contribution in [3.63, 3.8) is 0 Å². The van der Waals surface area contributed by atoms with Gasteiger partial charge in [-0.1, -0.05) is 66.7 Å². The largest absolute Gasteiger partial charge is 0.494 e. The number of benzene rings is 4. The lowest BCUT2D eigenvalue weighted by atomic mass is 9.95. The number of hydrogen-bond donors (Lipinski definition) is 4. The van der Waals surface area contributed by atoms with Gasteiger partial charge >= 0.3 is 0 Å². The molecule has 0 fully saturated rings. The Morgan fingerprint density at radius 3 is 1.93 bits per heavy atom. The van der Waals surface area contributed by atoms with Crippen LogP contribution in [0, 0.1) is 11.6 Å². The molecule has 0 heterocycles. The second kappa shape index (κ2) is 16.1. The summed E-state index contributed by atoms with van der Waals surface area (Å²) in [6, 6.07) is 26.4. The molecule has 0 aliphatic carbocycles. The van der Waals surface area contributed by atoms with Gasteiger partial charge in [-0.05, 0) is 59.5 Å². The number of rotatable bonds is 14. The van der Waals surface area contributed by atoms with Crippen LogP contribution in [0.3, 0.4) is 0 Å². The van der Waals surface area contributed by atoms with Crippen molar-refractivity contribution in [1.82, 2.24) is 16.0 Å². The summed E-state index contributed by atoms with van der Waals surface area (Å²) in [6.45, 7) is 2.90. The Labute approximate surface area is 261 Å². The Hall–Kier alpha value is -5.09. The number of ether oxygens (including phenoxy) is 1. The van der Waals surface area contributed by atoms with Crippen LogP contribution in [0.15, 0.2) is 97.1 Å². The number of carbonyl (C=O) groups is 3. The van der Waals surface area contributed by atoms with E-state index in [1.807, 2.05) is 61.5 Å². The Morgan fingerprint density at radius 2 is 1.31 bits per heavy atom. The third kappa shape index (κ3) is 9.20. The Balaban J connectivity index is 1.49. The minimum atomic E-state index is -1.15. The van der Waals surface area contributed by atoms with Crippen LogP contribution >= 0.6 is 0 Å². The second-order valence-corrected chi connectivity index (χ2v) is 10.3. The van der Waals surface area contributed by atoms with Gasteiger partial charge in [0.1, 0.15) is 5.75 Å². The third-order valence-electron chi connectivity index (χ3n) is 7.28. The van der Waals surface area contributed by atoms with Crippen molar-refractivity contribution >= 4 is 17.7 Å². The van der Waals surface area contributed by atoms with Crippen molar-refractivity contribution in [2.24, 2.45) is 5.73 Å². The molecule has 0 aliphatic heterocycles. The van der Waals surface area contributed by atoms with E-state index in [1.54, 1.807) is 24.3 Å². The van der Waals surface area contributed by atoms with Crippen LogP contribution in [-0.2, 0) is 22.7 Å². The standard InChI is InChI=1S/C35H36F2N4O4/c1-2-45-28-15-12-26(13-16-28)30(21-40-33(42)27-14-17-31(36)32(37)18-27)35(44)41-22-29(25-6-4-3-5-7-25)34(43)39-20-24-10-8-23(19-38)9-11-24/h3-18,29-30H,2,19-22,38H2,1H3,(H,39,43)(H,40,42)(H,41,44)/t29-,30+/m0/s1. The first-order chi connectivity index (χ1) is 21.8. The first kappa shape index (κ1) is 32.8. The molecule has 4 rings (SSSR count). The molecular weight excluding hydrogens is 578 g/mol. The summed E-state index contributed by atoms with van der Waals surface area (Å²) in [6.07, 6.45) is 0. The summed E-state index contributed by atoms with van der Waals surface area (Å²) in [4.78, 5) is 39.8. The van der Waals surface area contributed by atoms with Gasteiger partial charge < -0.3 is 26.4 Å². The molecule has 4 aromatic carbocycles. The van der Waals surface area contributed by atoms with E-state index < -0.39 is 35.3 Å². The van der Waals surface area contributed by atoms with Crippen molar-refractivity contribution in [1.29, 1.82) is 0 Å². The lowest BCUT2D eigenvalue weighted by molar-refractivity contribution is -0.124. The predicted octanol–water partition coefficient (Wildman–Crippen LogP) is 4.55. The molecule has 0 aliphatic rings. The summed E-state index contributed by atoms with van der Waals surface area (Å²) in [5, 5.41) is 8.49. The summed E-state index contributed by atoms with van der Waals surface area (Å²) in [5.74, 6) is -4.54. The number of nitrogens with two attached hydrogens (primary N) is 1. The summed E-state index contributed by atoms with van der Waals surface area (Å²) in [5.41, 5.74) is 8.79. The van der Waals surface area contributed by atoms with E-state index in [0.717, 1.165) is 34.9 Å². The fourth-order valence-corrected chi connectivity index (χ4v) is 4.74. The minimum Gasteiger partial charge on any atom is -0.494 e. The first-order valence-corrected chi connectivity index (χ1v) is 14.6. The van der Waals surface area contributed by atoms with Crippen LogP contribution in [0.25, 0.3) is 0 Å². The maximum Gasteiger partial charge on any atom is 0.251 e. The molecule has 0 aromatic heterocycles. The number of carbonyl (C=O) groups excluding carboxylic acids is 3. The predicted molar refractivity (Wildman–Crippen MR) is 167 cm³/mol. The summed E-state index contributed by atoms with van der Waals surface area (Å²) >= 11 is 0. The van der Waals surface area contributed by atoms with Crippen LogP contribution < -0.4 is 26.4 Å². The number of hydrogen-bond acceptors (Lipinski definition) is 5. The third-order valence-corrected chi connectivity index (χ3v) is 7.28. The Morgan fingerprint density at radius 1 is 0.711 bits per heavy atom. The van der Waals surface area contributed by atoms with E-state index in [9.17, 15) is 23.2 Å². The molecule has 10 heteroatoms. The fourth-order valence-electron chi connectivity index (χ4n) is 4.74. The monoisotopic (exact) mass is 614 g/mol. The average molecular weight is 615 g/mol. The molecule has 2 atom stereocenters. The van der Waals surface area contributed by atoms with Crippen LogP contribution in [-0.4, -0.2) is 37.4 Å². The van der Waals surface area contributed by atoms with Gasteiger partial charge in [0, 0.05) is 31.7 Å². The normalized spacial score (nSPS) is 12.1. The fraction of sp³-hybridized carbons (Fsp3) is 0.229. The molecule has 0 spiro atoms. The second-order valence-electron chi connectivity index (χ2n) is 10.3. The van der Waals surface area contributed by atoms with Crippen molar-refractivity contribution in [2.75, 3.05) is 19.7 Å². The first-order valence-electron chi connectivity index (χ1n) is 14.6. The zero-order valence-corrected chi connectivity index (χ0v) is 24.9. The van der Waals surface area contributed by atoms with Gasteiger partial charge in [-0.3, -0.25) is 14.4 Å². The van der Waals surface area contributed by atoms with Crippen molar-refractivity contribution in [2.45, 2.75) is 31.8 Å². The molecule has 0 radical (unpaired) electrons. The van der Waals surface area contributed by atoms with Crippen LogP contribution in [0.5, 0.6) is 5.75 Å². The highest BCUT2D eigenvalue weighted by atomic mass is 19.2. The van der Waals surface area contributed by atoms with Crippen molar-refractivity contribution in [3.8, 4) is 5.75 Å². The van der Waals surface area contributed by atoms with Gasteiger partial charge in [0.2, 0.25) is 11.8 Å². The summed E-state index contributed by atoms with van der Waals surface area (Å²) in [7, 11) is 0. The van der Waals surface area contributed by atoms with Gasteiger partial charge in [0.25, 0.3) is 5.91 Å². The zero-order chi connectivity index (χ0) is 32.2. The highest BCUT2D eigenvalue weighted by molar-refractivity contribution is 5.95. The topological polar surface area (TPSA) is 123 Å². The van der Waals surface area contributed by atoms with Crippen molar-refractivity contribution in [3.05, 3.63) is 137 Å². The molecule has 0 saturated carbocycles. The molecular formula is C35H36F2N4O4. The number of amides is 3. The number of nitrogens with one attached hydrogen (secondary N) is 3. The van der Waals surface area contributed by atoms with E-state index in [-0.39, 0.29) is 24.6 Å². The molecule has 234 valence electrons. The maximum absolute atomic E-state index is 13.7.